The second kappa shape index (κ2) is 7.41. The molecule has 0 bridgehead atoms. The summed E-state index contributed by atoms with van der Waals surface area (Å²) in [6.45, 7) is 6.67. The lowest BCUT2D eigenvalue weighted by Gasteiger charge is -2.23. The number of hydrogen-bond acceptors (Lipinski definition) is 3. The van der Waals surface area contributed by atoms with Crippen molar-refractivity contribution in [3.8, 4) is 0 Å². The highest BCUT2D eigenvalue weighted by Gasteiger charge is 2.13. The van der Waals surface area contributed by atoms with Gasteiger partial charge in [-0.15, -0.1) is 11.3 Å². The third kappa shape index (κ3) is 4.30. The zero-order valence-electron chi connectivity index (χ0n) is 14.4. The Labute approximate surface area is 143 Å². The number of aryl methyl sites for hydroxylation is 4. The van der Waals surface area contributed by atoms with Gasteiger partial charge in [-0.3, -0.25) is 0 Å². The van der Waals surface area contributed by atoms with Crippen LogP contribution < -0.4 is 0 Å². The van der Waals surface area contributed by atoms with Gasteiger partial charge in [0.05, 0.1) is 10.7 Å². The van der Waals surface area contributed by atoms with Crippen LogP contribution in [-0.2, 0) is 12.8 Å². The van der Waals surface area contributed by atoms with Crippen LogP contribution in [0.15, 0.2) is 29.8 Å². The van der Waals surface area contributed by atoms with E-state index in [1.165, 1.54) is 52.6 Å². The average molecular weight is 327 g/mol. The highest BCUT2D eigenvalue weighted by Crippen LogP contribution is 2.25. The highest BCUT2D eigenvalue weighted by molar-refractivity contribution is 7.11. The predicted octanol–water partition coefficient (Wildman–Crippen LogP) is 4.65. The summed E-state index contributed by atoms with van der Waals surface area (Å²) in [7, 11) is 2.21. The predicted molar refractivity (Wildman–Crippen MR) is 100 cm³/mol. The summed E-state index contributed by atoms with van der Waals surface area (Å²) in [4.78, 5) is 8.63. The number of rotatable bonds is 4. The fraction of sp³-hybridized carbons (Fsp3) is 0.450. The molecule has 3 heteroatoms. The third-order valence-electron chi connectivity index (χ3n) is 4.69. The van der Waals surface area contributed by atoms with Crippen molar-refractivity contribution in [3.05, 3.63) is 56.5 Å². The van der Waals surface area contributed by atoms with Gasteiger partial charge in [0.2, 0.25) is 0 Å². The Hall–Kier alpha value is -1.45. The molecule has 0 spiro atoms. The summed E-state index contributed by atoms with van der Waals surface area (Å²) in [5, 5.41) is 1.18. The molecule has 3 rings (SSSR count). The first-order valence-corrected chi connectivity index (χ1v) is 9.32. The maximum absolute atomic E-state index is 4.79. The monoisotopic (exact) mass is 326 g/mol. The summed E-state index contributed by atoms with van der Waals surface area (Å²) < 4.78 is 0. The van der Waals surface area contributed by atoms with Crippen molar-refractivity contribution in [2.45, 2.75) is 39.5 Å². The first-order valence-electron chi connectivity index (χ1n) is 8.50. The van der Waals surface area contributed by atoms with Crippen LogP contribution in [0.5, 0.6) is 0 Å². The third-order valence-corrected chi connectivity index (χ3v) is 5.73. The molecule has 1 aliphatic heterocycles. The van der Waals surface area contributed by atoms with Gasteiger partial charge in [-0.2, -0.15) is 0 Å². The largest absolute Gasteiger partial charge is 0.306 e. The van der Waals surface area contributed by atoms with E-state index in [1.54, 1.807) is 5.57 Å². The van der Waals surface area contributed by atoms with E-state index in [-0.39, 0.29) is 0 Å². The SMILES string of the molecule is Cc1nc(C=C2CCN(C)CC2)c(CCc2ccccc2C)s1. The maximum Gasteiger partial charge on any atom is 0.0904 e. The van der Waals surface area contributed by atoms with Gasteiger partial charge < -0.3 is 4.90 Å². The second-order valence-electron chi connectivity index (χ2n) is 6.57. The van der Waals surface area contributed by atoms with Crippen LogP contribution in [0.3, 0.4) is 0 Å². The second-order valence-corrected chi connectivity index (χ2v) is 7.86. The van der Waals surface area contributed by atoms with E-state index in [4.69, 9.17) is 4.98 Å². The molecule has 2 heterocycles. The van der Waals surface area contributed by atoms with Crippen molar-refractivity contribution in [1.29, 1.82) is 0 Å². The summed E-state index contributed by atoms with van der Waals surface area (Å²) in [6.07, 6.45) is 6.93. The molecule has 0 saturated carbocycles. The molecule has 0 aliphatic carbocycles. The van der Waals surface area contributed by atoms with Gasteiger partial charge in [0.25, 0.3) is 0 Å². The fourth-order valence-electron chi connectivity index (χ4n) is 3.16. The number of benzene rings is 1. The van der Waals surface area contributed by atoms with Crippen LogP contribution in [0.2, 0.25) is 0 Å². The molecule has 2 aromatic rings. The molecule has 0 atom stereocenters. The van der Waals surface area contributed by atoms with Gasteiger partial charge in [-0.1, -0.05) is 29.8 Å². The molecule has 1 aromatic carbocycles. The van der Waals surface area contributed by atoms with Crippen LogP contribution in [-0.4, -0.2) is 30.0 Å². The molecule has 1 saturated heterocycles. The number of hydrogen-bond donors (Lipinski definition) is 0. The quantitative estimate of drug-likeness (QED) is 0.813. The molecule has 1 fully saturated rings. The summed E-state index contributed by atoms with van der Waals surface area (Å²) in [5.74, 6) is 0. The van der Waals surface area contributed by atoms with Gasteiger partial charge in [-0.05, 0) is 63.8 Å². The fourth-order valence-corrected chi connectivity index (χ4v) is 4.07. The van der Waals surface area contributed by atoms with Gasteiger partial charge >= 0.3 is 0 Å². The van der Waals surface area contributed by atoms with E-state index in [1.807, 2.05) is 11.3 Å². The normalized spacial score (nSPS) is 15.9. The zero-order chi connectivity index (χ0) is 16.2. The maximum atomic E-state index is 4.79. The molecular formula is C20H26N2S. The van der Waals surface area contributed by atoms with E-state index in [0.29, 0.717) is 0 Å². The lowest BCUT2D eigenvalue weighted by Crippen LogP contribution is -2.26. The Morgan fingerprint density at radius 1 is 1.13 bits per heavy atom. The van der Waals surface area contributed by atoms with E-state index >= 15 is 0 Å². The first kappa shape index (κ1) is 16.4. The molecule has 0 amide bonds. The number of thiazole rings is 1. The molecule has 122 valence electrons. The minimum Gasteiger partial charge on any atom is -0.306 e. The average Bonchev–Trinajstić information content (AvgIpc) is 2.88. The summed E-state index contributed by atoms with van der Waals surface area (Å²) in [5.41, 5.74) is 5.63. The van der Waals surface area contributed by atoms with Crippen molar-refractivity contribution in [1.82, 2.24) is 9.88 Å². The van der Waals surface area contributed by atoms with Gasteiger partial charge in [-0.25, -0.2) is 4.98 Å². The van der Waals surface area contributed by atoms with Crippen LogP contribution in [0.1, 0.15) is 39.5 Å². The molecule has 0 unspecified atom stereocenters. The van der Waals surface area contributed by atoms with Crippen molar-refractivity contribution in [2.75, 3.05) is 20.1 Å². The van der Waals surface area contributed by atoms with Crippen molar-refractivity contribution in [2.24, 2.45) is 0 Å². The molecule has 1 aliphatic rings. The minimum absolute atomic E-state index is 1.09. The Kier molecular flexibility index (Phi) is 5.29. The Morgan fingerprint density at radius 3 is 2.61 bits per heavy atom. The smallest absolute Gasteiger partial charge is 0.0904 e. The zero-order valence-corrected chi connectivity index (χ0v) is 15.2. The van der Waals surface area contributed by atoms with E-state index in [2.05, 4.69) is 56.1 Å². The van der Waals surface area contributed by atoms with Gasteiger partial charge in [0.15, 0.2) is 0 Å². The van der Waals surface area contributed by atoms with Crippen LogP contribution >= 0.6 is 11.3 Å². The molecule has 0 N–H and O–H groups in total. The van der Waals surface area contributed by atoms with Crippen molar-refractivity contribution < 1.29 is 0 Å². The van der Waals surface area contributed by atoms with Crippen LogP contribution in [0, 0.1) is 13.8 Å². The molecule has 1 aromatic heterocycles. The molecule has 2 nitrogen and oxygen atoms in total. The van der Waals surface area contributed by atoms with Gasteiger partial charge in [0.1, 0.15) is 0 Å². The van der Waals surface area contributed by atoms with E-state index < -0.39 is 0 Å². The lowest BCUT2D eigenvalue weighted by molar-refractivity contribution is 0.313. The Balaban J connectivity index is 1.73. The number of aromatic nitrogens is 1. The number of piperidine rings is 1. The van der Waals surface area contributed by atoms with Crippen LogP contribution in [0.4, 0.5) is 0 Å². The standard InChI is InChI=1S/C20H26N2S/c1-15-6-4-5-7-18(15)8-9-20-19(21-16(2)23-20)14-17-10-12-22(3)13-11-17/h4-7,14H,8-13H2,1-3H3. The van der Waals surface area contributed by atoms with Crippen LogP contribution in [0.25, 0.3) is 6.08 Å². The van der Waals surface area contributed by atoms with E-state index in [9.17, 15) is 0 Å². The lowest BCUT2D eigenvalue weighted by atomic mass is 10.0. The molecule has 0 radical (unpaired) electrons. The van der Waals surface area contributed by atoms with Crippen molar-refractivity contribution >= 4 is 17.4 Å². The minimum atomic E-state index is 1.09. The number of nitrogens with zero attached hydrogens (tertiary/aromatic N) is 2. The van der Waals surface area contributed by atoms with Gasteiger partial charge in [0, 0.05) is 18.0 Å². The van der Waals surface area contributed by atoms with E-state index in [0.717, 1.165) is 12.8 Å². The number of likely N-dealkylation sites (tertiary alicyclic amines) is 1. The highest BCUT2D eigenvalue weighted by atomic mass is 32.1. The van der Waals surface area contributed by atoms with Crippen molar-refractivity contribution in [3.63, 3.8) is 0 Å². The molecular weight excluding hydrogens is 300 g/mol. The summed E-state index contributed by atoms with van der Waals surface area (Å²) >= 11 is 1.86. The molecule has 23 heavy (non-hydrogen) atoms. The summed E-state index contributed by atoms with van der Waals surface area (Å²) in [6, 6.07) is 8.71. The first-order chi connectivity index (χ1) is 11.1. The Morgan fingerprint density at radius 2 is 1.87 bits per heavy atom. The topological polar surface area (TPSA) is 16.1 Å². The Bertz CT molecular complexity index is 689.